The van der Waals surface area contributed by atoms with Crippen LogP contribution < -0.4 is 14.8 Å². The van der Waals surface area contributed by atoms with Crippen molar-refractivity contribution in [3.05, 3.63) is 23.8 Å². The molecule has 0 saturated heterocycles. The molecule has 0 aliphatic carbocycles. The number of methoxy groups -OCH3 is 2. The van der Waals surface area contributed by atoms with Gasteiger partial charge < -0.3 is 14.8 Å². The second kappa shape index (κ2) is 9.67. The lowest BCUT2D eigenvalue weighted by Crippen LogP contribution is -2.37. The van der Waals surface area contributed by atoms with Gasteiger partial charge in [0, 0.05) is 6.04 Å². The van der Waals surface area contributed by atoms with E-state index in [0.717, 1.165) is 24.5 Å². The number of nitrogens with one attached hydrogen (secondary N) is 1. The Balaban J connectivity index is 2.81. The van der Waals surface area contributed by atoms with Crippen molar-refractivity contribution < 1.29 is 9.47 Å². The van der Waals surface area contributed by atoms with E-state index < -0.39 is 0 Å². The fraction of sp³-hybridized carbons (Fsp3) is 0.667. The van der Waals surface area contributed by atoms with Crippen LogP contribution in [0.3, 0.4) is 0 Å². The molecule has 0 saturated carbocycles. The molecule has 2 unspecified atom stereocenters. The Morgan fingerprint density at radius 1 is 1.05 bits per heavy atom. The Hall–Kier alpha value is -1.22. The van der Waals surface area contributed by atoms with Crippen LogP contribution in [-0.4, -0.2) is 26.8 Å². The van der Waals surface area contributed by atoms with Gasteiger partial charge >= 0.3 is 0 Å². The molecule has 0 spiro atoms. The molecule has 0 radical (unpaired) electrons. The number of hydrogen-bond donors (Lipinski definition) is 1. The Kier molecular flexibility index (Phi) is 8.21. The van der Waals surface area contributed by atoms with Crippen molar-refractivity contribution >= 4 is 0 Å². The summed E-state index contributed by atoms with van der Waals surface area (Å²) < 4.78 is 10.7. The molecule has 3 heteroatoms. The quantitative estimate of drug-likeness (QED) is 0.706. The van der Waals surface area contributed by atoms with Crippen LogP contribution in [0.4, 0.5) is 0 Å². The van der Waals surface area contributed by atoms with Crippen LogP contribution in [0.2, 0.25) is 0 Å². The second-order valence-electron chi connectivity index (χ2n) is 5.72. The van der Waals surface area contributed by atoms with Crippen LogP contribution in [0.5, 0.6) is 11.5 Å². The first-order chi connectivity index (χ1) is 10.2. The zero-order valence-electron chi connectivity index (χ0n) is 14.2. The Morgan fingerprint density at radius 3 is 2.33 bits per heavy atom. The number of hydrogen-bond acceptors (Lipinski definition) is 3. The summed E-state index contributed by atoms with van der Waals surface area (Å²) in [6, 6.07) is 6.75. The maximum Gasteiger partial charge on any atom is 0.160 e. The molecule has 3 nitrogen and oxygen atoms in total. The van der Waals surface area contributed by atoms with E-state index in [2.05, 4.69) is 38.2 Å². The lowest BCUT2D eigenvalue weighted by atomic mass is 9.91. The SMILES string of the molecule is CCCNC(Cc1ccc(OC)c(OC)c1)C(C)CCC. The normalized spacial score (nSPS) is 13.8. The smallest absolute Gasteiger partial charge is 0.160 e. The van der Waals surface area contributed by atoms with Crippen LogP contribution in [0, 0.1) is 5.92 Å². The van der Waals surface area contributed by atoms with Crippen molar-refractivity contribution in [3.8, 4) is 11.5 Å². The van der Waals surface area contributed by atoms with Gasteiger partial charge in [0.2, 0.25) is 0 Å². The molecule has 0 aliphatic rings. The van der Waals surface area contributed by atoms with Crippen molar-refractivity contribution in [2.24, 2.45) is 5.92 Å². The Morgan fingerprint density at radius 2 is 1.76 bits per heavy atom. The topological polar surface area (TPSA) is 30.5 Å². The van der Waals surface area contributed by atoms with Gasteiger partial charge in [0.1, 0.15) is 0 Å². The maximum absolute atomic E-state index is 5.40. The maximum atomic E-state index is 5.40. The molecule has 120 valence electrons. The molecule has 1 aromatic carbocycles. The molecule has 21 heavy (non-hydrogen) atoms. The molecule has 1 aromatic rings. The Labute approximate surface area is 130 Å². The van der Waals surface area contributed by atoms with E-state index in [-0.39, 0.29) is 0 Å². The Bertz CT molecular complexity index is 406. The van der Waals surface area contributed by atoms with E-state index in [4.69, 9.17) is 9.47 Å². The van der Waals surface area contributed by atoms with Crippen LogP contribution >= 0.6 is 0 Å². The lowest BCUT2D eigenvalue weighted by molar-refractivity contribution is 0.346. The summed E-state index contributed by atoms with van der Waals surface area (Å²) in [7, 11) is 3.36. The van der Waals surface area contributed by atoms with Crippen molar-refractivity contribution in [1.29, 1.82) is 0 Å². The average Bonchev–Trinajstić information content (AvgIpc) is 2.51. The monoisotopic (exact) mass is 293 g/mol. The van der Waals surface area contributed by atoms with Crippen LogP contribution in [0.15, 0.2) is 18.2 Å². The molecular weight excluding hydrogens is 262 g/mol. The van der Waals surface area contributed by atoms with Crippen molar-refractivity contribution in [3.63, 3.8) is 0 Å². The van der Waals surface area contributed by atoms with Crippen LogP contribution in [0.1, 0.15) is 45.6 Å². The fourth-order valence-electron chi connectivity index (χ4n) is 2.72. The molecule has 0 aromatic heterocycles. The lowest BCUT2D eigenvalue weighted by Gasteiger charge is -2.25. The third kappa shape index (κ3) is 5.58. The first kappa shape index (κ1) is 17.8. The summed E-state index contributed by atoms with van der Waals surface area (Å²) in [4.78, 5) is 0. The van der Waals surface area contributed by atoms with Crippen LogP contribution in [0.25, 0.3) is 0 Å². The average molecular weight is 293 g/mol. The minimum Gasteiger partial charge on any atom is -0.493 e. The molecule has 0 bridgehead atoms. The van der Waals surface area contributed by atoms with Crippen molar-refractivity contribution in [2.75, 3.05) is 20.8 Å². The minimum absolute atomic E-state index is 0.517. The van der Waals surface area contributed by atoms with E-state index >= 15 is 0 Å². The van der Waals surface area contributed by atoms with Gasteiger partial charge in [0.05, 0.1) is 14.2 Å². The minimum atomic E-state index is 0.517. The summed E-state index contributed by atoms with van der Waals surface area (Å²) in [5.41, 5.74) is 1.30. The summed E-state index contributed by atoms with van der Waals surface area (Å²) in [5, 5.41) is 3.70. The highest BCUT2D eigenvalue weighted by molar-refractivity contribution is 5.43. The summed E-state index contributed by atoms with van der Waals surface area (Å²) in [6.45, 7) is 7.89. The largest absolute Gasteiger partial charge is 0.493 e. The molecule has 1 N–H and O–H groups in total. The fourth-order valence-corrected chi connectivity index (χ4v) is 2.72. The highest BCUT2D eigenvalue weighted by atomic mass is 16.5. The van der Waals surface area contributed by atoms with Gasteiger partial charge in [0.15, 0.2) is 11.5 Å². The highest BCUT2D eigenvalue weighted by Crippen LogP contribution is 2.28. The van der Waals surface area contributed by atoms with Crippen LogP contribution in [-0.2, 0) is 6.42 Å². The van der Waals surface area contributed by atoms with E-state index in [1.165, 1.54) is 24.8 Å². The zero-order chi connectivity index (χ0) is 15.7. The molecule has 0 aliphatic heterocycles. The van der Waals surface area contributed by atoms with E-state index in [1.807, 2.05) is 6.07 Å². The third-order valence-corrected chi connectivity index (χ3v) is 3.99. The van der Waals surface area contributed by atoms with Gasteiger partial charge in [-0.2, -0.15) is 0 Å². The van der Waals surface area contributed by atoms with E-state index in [1.54, 1.807) is 14.2 Å². The molecule has 2 atom stereocenters. The predicted octanol–water partition coefficient (Wildman–Crippen LogP) is 4.05. The summed E-state index contributed by atoms with van der Waals surface area (Å²) in [6.07, 6.45) is 4.69. The number of ether oxygens (including phenoxy) is 2. The van der Waals surface area contributed by atoms with E-state index in [0.29, 0.717) is 12.0 Å². The molecule has 0 heterocycles. The molecule has 1 rings (SSSR count). The molecule has 0 fully saturated rings. The molecular formula is C18H31NO2. The predicted molar refractivity (Wildman–Crippen MR) is 89.4 cm³/mol. The standard InChI is InChI=1S/C18H31NO2/c1-6-8-14(3)16(19-11-7-2)12-15-9-10-17(20-4)18(13-15)21-5/h9-10,13-14,16,19H,6-8,11-12H2,1-5H3. The first-order valence-electron chi connectivity index (χ1n) is 8.10. The number of rotatable bonds is 10. The summed E-state index contributed by atoms with van der Waals surface area (Å²) >= 11 is 0. The summed E-state index contributed by atoms with van der Waals surface area (Å²) in [5.74, 6) is 2.28. The molecule has 0 amide bonds. The second-order valence-corrected chi connectivity index (χ2v) is 5.72. The van der Waals surface area contributed by atoms with Gasteiger partial charge in [0.25, 0.3) is 0 Å². The van der Waals surface area contributed by atoms with Gasteiger partial charge in [-0.15, -0.1) is 0 Å². The van der Waals surface area contributed by atoms with Gasteiger partial charge in [-0.05, 0) is 49.4 Å². The van der Waals surface area contributed by atoms with Gasteiger partial charge in [-0.1, -0.05) is 33.3 Å². The van der Waals surface area contributed by atoms with E-state index in [9.17, 15) is 0 Å². The van der Waals surface area contributed by atoms with Crippen molar-refractivity contribution in [2.45, 2.75) is 52.5 Å². The third-order valence-electron chi connectivity index (χ3n) is 3.99. The zero-order valence-corrected chi connectivity index (χ0v) is 14.2. The van der Waals surface area contributed by atoms with Crippen molar-refractivity contribution in [1.82, 2.24) is 5.32 Å². The van der Waals surface area contributed by atoms with Gasteiger partial charge in [-0.25, -0.2) is 0 Å². The van der Waals surface area contributed by atoms with Gasteiger partial charge in [-0.3, -0.25) is 0 Å². The number of benzene rings is 1. The first-order valence-corrected chi connectivity index (χ1v) is 8.10. The highest BCUT2D eigenvalue weighted by Gasteiger charge is 2.17.